The molecule has 5 heteroatoms. The van der Waals surface area contributed by atoms with Gasteiger partial charge in [0, 0.05) is 12.6 Å². The molecule has 0 atom stereocenters. The summed E-state index contributed by atoms with van der Waals surface area (Å²) in [7, 11) is 0. The highest BCUT2D eigenvalue weighted by atomic mass is 16.4. The zero-order valence-corrected chi connectivity index (χ0v) is 10.3. The van der Waals surface area contributed by atoms with E-state index in [9.17, 15) is 0 Å². The van der Waals surface area contributed by atoms with E-state index >= 15 is 0 Å². The molecule has 0 bridgehead atoms. The second kappa shape index (κ2) is 4.48. The van der Waals surface area contributed by atoms with Crippen molar-refractivity contribution in [2.24, 2.45) is 16.8 Å². The van der Waals surface area contributed by atoms with E-state index < -0.39 is 0 Å². The lowest BCUT2D eigenvalue weighted by Gasteiger charge is -2.23. The largest absolute Gasteiger partial charge is 0.409 e. The number of nitrogens with two attached hydrogens (primary N) is 1. The lowest BCUT2D eigenvalue weighted by atomic mass is 10.3. The summed E-state index contributed by atoms with van der Waals surface area (Å²) in [6, 6.07) is 6.33. The number of amidine groups is 1. The molecule has 2 aliphatic carbocycles. The quantitative estimate of drug-likeness (QED) is 0.358. The van der Waals surface area contributed by atoms with Gasteiger partial charge in [-0.3, -0.25) is 0 Å². The zero-order chi connectivity index (χ0) is 12.5. The molecule has 1 aromatic heterocycles. The average molecular weight is 246 g/mol. The molecule has 0 amide bonds. The summed E-state index contributed by atoms with van der Waals surface area (Å²) in [4.78, 5) is 6.88. The Kier molecular flexibility index (Phi) is 2.81. The second-order valence-corrected chi connectivity index (χ2v) is 5.19. The van der Waals surface area contributed by atoms with Gasteiger partial charge in [0.1, 0.15) is 11.5 Å². The second-order valence-electron chi connectivity index (χ2n) is 5.19. The number of hydrogen-bond donors (Lipinski definition) is 2. The molecule has 2 aliphatic rings. The van der Waals surface area contributed by atoms with Crippen molar-refractivity contribution >= 4 is 11.7 Å². The smallest absolute Gasteiger partial charge is 0.188 e. The van der Waals surface area contributed by atoms with Gasteiger partial charge >= 0.3 is 0 Å². The number of pyridine rings is 1. The Morgan fingerprint density at radius 2 is 2.17 bits per heavy atom. The molecule has 0 saturated heterocycles. The predicted molar refractivity (Wildman–Crippen MR) is 69.8 cm³/mol. The molecular formula is C13H18N4O. The summed E-state index contributed by atoms with van der Waals surface area (Å²) in [5.74, 6) is 1.85. The highest BCUT2D eigenvalue weighted by Crippen LogP contribution is 2.36. The fourth-order valence-corrected chi connectivity index (χ4v) is 2.17. The summed E-state index contributed by atoms with van der Waals surface area (Å²) in [5, 5.41) is 11.7. The summed E-state index contributed by atoms with van der Waals surface area (Å²) in [6.45, 7) is 1.09. The molecule has 0 spiro atoms. The maximum absolute atomic E-state index is 8.70. The Bertz CT molecular complexity index is 466. The molecule has 1 heterocycles. The third kappa shape index (κ3) is 2.39. The number of aromatic nitrogens is 1. The number of rotatable bonds is 5. The van der Waals surface area contributed by atoms with Gasteiger partial charge in [-0.15, -0.1) is 0 Å². The third-order valence-corrected chi connectivity index (χ3v) is 3.54. The van der Waals surface area contributed by atoms with Crippen molar-refractivity contribution in [3.63, 3.8) is 0 Å². The van der Waals surface area contributed by atoms with Crippen molar-refractivity contribution in [3.05, 3.63) is 23.9 Å². The Morgan fingerprint density at radius 1 is 1.39 bits per heavy atom. The van der Waals surface area contributed by atoms with Gasteiger partial charge in [-0.2, -0.15) is 0 Å². The highest BCUT2D eigenvalue weighted by Gasteiger charge is 2.34. The zero-order valence-electron chi connectivity index (χ0n) is 10.3. The fourth-order valence-electron chi connectivity index (χ4n) is 2.17. The van der Waals surface area contributed by atoms with Crippen LogP contribution >= 0.6 is 0 Å². The monoisotopic (exact) mass is 246 g/mol. The van der Waals surface area contributed by atoms with Gasteiger partial charge in [0.15, 0.2) is 5.84 Å². The van der Waals surface area contributed by atoms with Gasteiger partial charge in [-0.25, -0.2) is 4.98 Å². The molecule has 3 rings (SSSR count). The highest BCUT2D eigenvalue weighted by molar-refractivity contribution is 5.95. The summed E-state index contributed by atoms with van der Waals surface area (Å²) >= 11 is 0. The number of oxime groups is 1. The van der Waals surface area contributed by atoms with E-state index in [1.807, 2.05) is 12.1 Å². The van der Waals surface area contributed by atoms with E-state index in [1.54, 1.807) is 6.07 Å². The van der Waals surface area contributed by atoms with Crippen LogP contribution in [0.2, 0.25) is 0 Å². The van der Waals surface area contributed by atoms with Crippen LogP contribution in [0.25, 0.3) is 0 Å². The topological polar surface area (TPSA) is 74.7 Å². The minimum Gasteiger partial charge on any atom is -0.409 e. The first-order valence-corrected chi connectivity index (χ1v) is 6.49. The van der Waals surface area contributed by atoms with Crippen molar-refractivity contribution in [3.8, 4) is 0 Å². The van der Waals surface area contributed by atoms with Crippen molar-refractivity contribution < 1.29 is 5.21 Å². The maximum atomic E-state index is 8.70. The van der Waals surface area contributed by atoms with Crippen LogP contribution in [-0.4, -0.2) is 28.6 Å². The van der Waals surface area contributed by atoms with Gasteiger partial charge in [-0.05, 0) is 43.7 Å². The number of anilines is 1. The molecule has 2 fully saturated rings. The molecule has 0 aromatic carbocycles. The van der Waals surface area contributed by atoms with E-state index in [1.165, 1.54) is 25.7 Å². The van der Waals surface area contributed by atoms with Gasteiger partial charge in [0.05, 0.1) is 0 Å². The van der Waals surface area contributed by atoms with E-state index in [2.05, 4.69) is 15.0 Å². The van der Waals surface area contributed by atoms with Crippen LogP contribution in [0.1, 0.15) is 31.4 Å². The molecule has 96 valence electrons. The first-order chi connectivity index (χ1) is 8.78. The summed E-state index contributed by atoms with van der Waals surface area (Å²) in [5.41, 5.74) is 6.13. The molecule has 0 radical (unpaired) electrons. The molecule has 18 heavy (non-hydrogen) atoms. The Morgan fingerprint density at radius 3 is 2.78 bits per heavy atom. The van der Waals surface area contributed by atoms with Crippen LogP contribution in [0, 0.1) is 5.92 Å². The van der Waals surface area contributed by atoms with Gasteiger partial charge in [-0.1, -0.05) is 11.2 Å². The van der Waals surface area contributed by atoms with Gasteiger partial charge in [0.2, 0.25) is 0 Å². The van der Waals surface area contributed by atoms with Crippen LogP contribution in [0.5, 0.6) is 0 Å². The summed E-state index contributed by atoms with van der Waals surface area (Å²) in [6.07, 6.45) is 5.18. The normalized spacial score (nSPS) is 19.9. The number of hydrogen-bond acceptors (Lipinski definition) is 4. The third-order valence-electron chi connectivity index (χ3n) is 3.54. The van der Waals surface area contributed by atoms with Crippen molar-refractivity contribution in [2.75, 3.05) is 11.4 Å². The van der Waals surface area contributed by atoms with E-state index in [-0.39, 0.29) is 5.84 Å². The first kappa shape index (κ1) is 11.3. The molecule has 0 unspecified atom stereocenters. The van der Waals surface area contributed by atoms with E-state index in [0.717, 1.165) is 18.3 Å². The number of nitrogens with zero attached hydrogens (tertiary/aromatic N) is 3. The van der Waals surface area contributed by atoms with Crippen molar-refractivity contribution in [1.82, 2.24) is 4.98 Å². The van der Waals surface area contributed by atoms with Crippen LogP contribution in [-0.2, 0) is 0 Å². The molecule has 3 N–H and O–H groups in total. The molecule has 1 aromatic rings. The lowest BCUT2D eigenvalue weighted by Crippen LogP contribution is -2.29. The average Bonchev–Trinajstić information content (AvgIpc) is 3.28. The van der Waals surface area contributed by atoms with E-state index in [0.29, 0.717) is 11.7 Å². The van der Waals surface area contributed by atoms with Gasteiger partial charge < -0.3 is 15.8 Å². The first-order valence-electron chi connectivity index (χ1n) is 6.49. The summed E-state index contributed by atoms with van der Waals surface area (Å²) < 4.78 is 0. The standard InChI is InChI=1S/C13H18N4O/c14-13(16-18)11-2-1-3-12(15-11)17(10-6-7-10)8-9-4-5-9/h1-3,9-10,18H,4-8H2,(H2,14,16). The van der Waals surface area contributed by atoms with Crippen LogP contribution in [0.15, 0.2) is 23.4 Å². The van der Waals surface area contributed by atoms with Crippen LogP contribution in [0.4, 0.5) is 5.82 Å². The molecule has 0 aliphatic heterocycles. The van der Waals surface area contributed by atoms with Gasteiger partial charge in [0.25, 0.3) is 0 Å². The molecule has 2 saturated carbocycles. The van der Waals surface area contributed by atoms with Crippen LogP contribution < -0.4 is 10.6 Å². The Hall–Kier alpha value is -1.78. The maximum Gasteiger partial charge on any atom is 0.188 e. The molecular weight excluding hydrogens is 228 g/mol. The predicted octanol–water partition coefficient (Wildman–Crippen LogP) is 1.55. The SMILES string of the molecule is NC(=NO)c1cccc(N(CC2CC2)C2CC2)n1. The minimum absolute atomic E-state index is 0.0685. The Balaban J connectivity index is 1.83. The Labute approximate surface area is 106 Å². The fraction of sp³-hybridized carbons (Fsp3) is 0.538. The van der Waals surface area contributed by atoms with E-state index in [4.69, 9.17) is 10.9 Å². The lowest BCUT2D eigenvalue weighted by molar-refractivity contribution is 0.318. The minimum atomic E-state index is 0.0685. The van der Waals surface area contributed by atoms with Crippen molar-refractivity contribution in [2.45, 2.75) is 31.7 Å². The van der Waals surface area contributed by atoms with Crippen molar-refractivity contribution in [1.29, 1.82) is 0 Å². The van der Waals surface area contributed by atoms with Crippen LogP contribution in [0.3, 0.4) is 0 Å². The molecule has 5 nitrogen and oxygen atoms in total.